The Morgan fingerprint density at radius 1 is 1.38 bits per heavy atom. The Balaban J connectivity index is 2.92. The van der Waals surface area contributed by atoms with Crippen LogP contribution in [0.15, 0.2) is 30.3 Å². The fraction of sp³-hybridized carbons (Fsp3) is 0.273. The number of carbonyl (C=O) groups excluding carboxylic acids is 2. The van der Waals surface area contributed by atoms with Crippen LogP contribution in [-0.4, -0.2) is 23.5 Å². The third-order valence-electron chi connectivity index (χ3n) is 1.85. The summed E-state index contributed by atoms with van der Waals surface area (Å²) in [5.74, 6) is -2.50. The summed E-state index contributed by atoms with van der Waals surface area (Å²) in [5.41, 5.74) is 0.0213. The SMILES string of the molecule is CCOC(=O)[C@@](F)(Cl)C(=O)c1ccccc1. The molecule has 86 valence electrons. The normalized spacial score (nSPS) is 13.9. The molecule has 0 saturated heterocycles. The van der Waals surface area contributed by atoms with Crippen molar-refractivity contribution < 1.29 is 18.7 Å². The summed E-state index contributed by atoms with van der Waals surface area (Å²) >= 11 is 5.26. The van der Waals surface area contributed by atoms with Crippen LogP contribution in [0.25, 0.3) is 0 Å². The quantitative estimate of drug-likeness (QED) is 0.353. The lowest BCUT2D eigenvalue weighted by atomic mass is 10.1. The minimum atomic E-state index is -3.16. The molecule has 0 aliphatic carbocycles. The van der Waals surface area contributed by atoms with Gasteiger partial charge in [-0.05, 0) is 6.92 Å². The number of halogens is 2. The lowest BCUT2D eigenvalue weighted by Crippen LogP contribution is -2.38. The molecule has 0 radical (unpaired) electrons. The summed E-state index contributed by atoms with van der Waals surface area (Å²) < 4.78 is 18.1. The number of carbonyl (C=O) groups is 2. The molecule has 1 atom stereocenters. The van der Waals surface area contributed by atoms with E-state index in [4.69, 9.17) is 11.6 Å². The van der Waals surface area contributed by atoms with Gasteiger partial charge in [0.15, 0.2) is 0 Å². The second kappa shape index (κ2) is 5.07. The van der Waals surface area contributed by atoms with E-state index >= 15 is 0 Å². The largest absolute Gasteiger partial charge is 0.462 e. The van der Waals surface area contributed by atoms with Gasteiger partial charge in [0.25, 0.3) is 0 Å². The van der Waals surface area contributed by atoms with Gasteiger partial charge in [0.1, 0.15) is 0 Å². The summed E-state index contributed by atoms with van der Waals surface area (Å²) in [6.45, 7) is 1.46. The number of ether oxygens (including phenoxy) is 1. The molecule has 0 bridgehead atoms. The second-order valence-electron chi connectivity index (χ2n) is 2.99. The molecule has 1 rings (SSSR count). The van der Waals surface area contributed by atoms with Crippen LogP contribution in [0.5, 0.6) is 0 Å². The number of ketones is 1. The lowest BCUT2D eigenvalue weighted by molar-refractivity contribution is -0.149. The molecule has 0 N–H and O–H groups in total. The average Bonchev–Trinajstić information content (AvgIpc) is 2.29. The zero-order valence-corrected chi connectivity index (χ0v) is 9.33. The molecular formula is C11H10ClFO3. The van der Waals surface area contributed by atoms with Crippen molar-refractivity contribution in [3.05, 3.63) is 35.9 Å². The van der Waals surface area contributed by atoms with E-state index in [2.05, 4.69) is 4.74 Å². The summed E-state index contributed by atoms with van der Waals surface area (Å²) in [5, 5.41) is -3.16. The van der Waals surface area contributed by atoms with Gasteiger partial charge >= 0.3 is 11.1 Å². The first-order valence-corrected chi connectivity index (χ1v) is 5.02. The highest BCUT2D eigenvalue weighted by Gasteiger charge is 2.46. The van der Waals surface area contributed by atoms with Crippen LogP contribution in [0.2, 0.25) is 0 Å². The Bertz CT molecular complexity index is 389. The number of rotatable bonds is 4. The van der Waals surface area contributed by atoms with Crippen molar-refractivity contribution in [3.8, 4) is 0 Å². The van der Waals surface area contributed by atoms with Crippen molar-refractivity contribution in [3.63, 3.8) is 0 Å². The van der Waals surface area contributed by atoms with Crippen LogP contribution in [0.1, 0.15) is 17.3 Å². The van der Waals surface area contributed by atoms with Gasteiger partial charge < -0.3 is 4.74 Å². The number of hydrogen-bond acceptors (Lipinski definition) is 3. The van der Waals surface area contributed by atoms with E-state index in [1.807, 2.05) is 0 Å². The number of alkyl halides is 2. The molecule has 0 amide bonds. The highest BCUT2D eigenvalue weighted by molar-refractivity contribution is 6.46. The molecule has 0 saturated carbocycles. The lowest BCUT2D eigenvalue weighted by Gasteiger charge is -2.14. The van der Waals surface area contributed by atoms with Gasteiger partial charge in [0.05, 0.1) is 6.61 Å². The number of Topliss-reactive ketones (excluding diaryl/α,β-unsaturated/α-hetero) is 1. The van der Waals surface area contributed by atoms with Gasteiger partial charge in [0, 0.05) is 5.56 Å². The molecule has 1 aromatic carbocycles. The van der Waals surface area contributed by atoms with E-state index in [0.29, 0.717) is 0 Å². The van der Waals surface area contributed by atoms with Crippen LogP contribution in [0.3, 0.4) is 0 Å². The minimum Gasteiger partial charge on any atom is -0.462 e. The highest BCUT2D eigenvalue weighted by atomic mass is 35.5. The maximum absolute atomic E-state index is 13.7. The molecule has 1 aromatic rings. The van der Waals surface area contributed by atoms with Crippen molar-refractivity contribution in [1.29, 1.82) is 0 Å². The van der Waals surface area contributed by atoms with E-state index in [1.165, 1.54) is 19.1 Å². The molecule has 3 nitrogen and oxygen atoms in total. The van der Waals surface area contributed by atoms with Crippen LogP contribution in [0.4, 0.5) is 4.39 Å². The monoisotopic (exact) mass is 244 g/mol. The Labute approximate surface area is 97.2 Å². The number of hydrogen-bond donors (Lipinski definition) is 0. The Kier molecular flexibility index (Phi) is 4.01. The Morgan fingerprint density at radius 2 is 1.94 bits per heavy atom. The summed E-state index contributed by atoms with van der Waals surface area (Å²) in [6, 6.07) is 7.50. The predicted molar refractivity (Wildman–Crippen MR) is 57.1 cm³/mol. The fourth-order valence-electron chi connectivity index (χ4n) is 1.09. The fourth-order valence-corrected chi connectivity index (χ4v) is 1.25. The highest BCUT2D eigenvalue weighted by Crippen LogP contribution is 2.24. The van der Waals surface area contributed by atoms with Crippen LogP contribution in [-0.2, 0) is 9.53 Å². The topological polar surface area (TPSA) is 43.4 Å². The van der Waals surface area contributed by atoms with Gasteiger partial charge in [-0.15, -0.1) is 0 Å². The van der Waals surface area contributed by atoms with Crippen LogP contribution in [0, 0.1) is 0 Å². The van der Waals surface area contributed by atoms with Crippen molar-refractivity contribution in [2.75, 3.05) is 6.61 Å². The molecule has 0 aliphatic heterocycles. The maximum Gasteiger partial charge on any atom is 0.368 e. The predicted octanol–water partition coefficient (Wildman–Crippen LogP) is 2.34. The Morgan fingerprint density at radius 3 is 2.44 bits per heavy atom. The van der Waals surface area contributed by atoms with E-state index in [-0.39, 0.29) is 12.2 Å². The minimum absolute atomic E-state index is 0.0213. The van der Waals surface area contributed by atoms with Crippen molar-refractivity contribution in [2.45, 2.75) is 12.1 Å². The van der Waals surface area contributed by atoms with Gasteiger partial charge in [-0.3, -0.25) is 4.79 Å². The second-order valence-corrected chi connectivity index (χ2v) is 3.51. The first-order chi connectivity index (χ1) is 7.50. The van der Waals surface area contributed by atoms with E-state index in [0.717, 1.165) is 0 Å². The molecule has 0 aliphatic rings. The molecule has 0 fully saturated rings. The van der Waals surface area contributed by atoms with E-state index < -0.39 is 16.9 Å². The number of benzene rings is 1. The van der Waals surface area contributed by atoms with Gasteiger partial charge in [-0.2, -0.15) is 0 Å². The smallest absolute Gasteiger partial charge is 0.368 e. The molecule has 0 unspecified atom stereocenters. The molecular weight excluding hydrogens is 235 g/mol. The summed E-state index contributed by atoms with van der Waals surface area (Å²) in [6.07, 6.45) is 0. The summed E-state index contributed by atoms with van der Waals surface area (Å²) in [7, 11) is 0. The molecule has 0 aromatic heterocycles. The maximum atomic E-state index is 13.7. The van der Waals surface area contributed by atoms with Gasteiger partial charge in [0.2, 0.25) is 5.78 Å². The van der Waals surface area contributed by atoms with Crippen molar-refractivity contribution in [2.24, 2.45) is 0 Å². The number of esters is 1. The molecule has 16 heavy (non-hydrogen) atoms. The van der Waals surface area contributed by atoms with Crippen LogP contribution < -0.4 is 0 Å². The first kappa shape index (κ1) is 12.6. The van der Waals surface area contributed by atoms with E-state index in [9.17, 15) is 14.0 Å². The van der Waals surface area contributed by atoms with Gasteiger partial charge in [-0.25, -0.2) is 9.18 Å². The first-order valence-electron chi connectivity index (χ1n) is 4.65. The van der Waals surface area contributed by atoms with Crippen LogP contribution >= 0.6 is 11.6 Å². The van der Waals surface area contributed by atoms with Crippen molar-refractivity contribution in [1.82, 2.24) is 0 Å². The van der Waals surface area contributed by atoms with E-state index in [1.54, 1.807) is 18.2 Å². The van der Waals surface area contributed by atoms with Crippen molar-refractivity contribution >= 4 is 23.4 Å². The van der Waals surface area contributed by atoms with Gasteiger partial charge in [-0.1, -0.05) is 41.9 Å². The third kappa shape index (κ3) is 2.58. The zero-order chi connectivity index (χ0) is 12.2. The Hall–Kier alpha value is -1.42. The zero-order valence-electron chi connectivity index (χ0n) is 8.57. The average molecular weight is 245 g/mol. The third-order valence-corrected chi connectivity index (χ3v) is 2.18. The molecule has 0 spiro atoms. The summed E-state index contributed by atoms with van der Waals surface area (Å²) in [4.78, 5) is 22.7. The molecule has 0 heterocycles. The standard InChI is InChI=1S/C11H10ClFO3/c1-2-16-10(15)11(12,13)9(14)8-6-4-3-5-7-8/h3-7H,2H2,1H3/t11-/m1/s1. The molecule has 5 heteroatoms.